The number of aliphatic hydroxyl groups excluding tert-OH is 1. The highest BCUT2D eigenvalue weighted by atomic mass is 16.3. The first kappa shape index (κ1) is 28.0. The second-order valence-corrected chi connectivity index (χ2v) is 13.0. The van der Waals surface area contributed by atoms with Crippen LogP contribution in [0.3, 0.4) is 0 Å². The lowest BCUT2D eigenvalue weighted by Gasteiger charge is -2.32. The summed E-state index contributed by atoms with van der Waals surface area (Å²) in [7, 11) is 3.80. The van der Waals surface area contributed by atoms with Crippen LogP contribution in [0.5, 0.6) is 11.5 Å². The van der Waals surface area contributed by atoms with Gasteiger partial charge in [0.1, 0.15) is 30.3 Å². The van der Waals surface area contributed by atoms with Crippen molar-refractivity contribution in [3.63, 3.8) is 0 Å². The standard InChI is InChI=1S/C41H28N4O3/c1-43-27(20-42)35-37(32-23-10-4-8-21-16-18-45-19-17-22-9-5-11-24(32)31(22)40(45)30(21)23)41(48)38(35)36-33-25(12-6-14-28(33)46)39(44(2)3)26-13-7-15-29(47)34(26)36/h4-15H,16-19H2,2-3H3,(H2-,46,47,48)/p+1/b35-27+. The van der Waals surface area contributed by atoms with Gasteiger partial charge in [-0.25, -0.2) is 14.7 Å². The summed E-state index contributed by atoms with van der Waals surface area (Å²) in [6.45, 7) is 10.0. The molecule has 6 aromatic rings. The molecule has 0 radical (unpaired) electrons. The summed E-state index contributed by atoms with van der Waals surface area (Å²) in [5, 5.41) is 54.3. The van der Waals surface area contributed by atoms with E-state index in [1.807, 2.05) is 43.3 Å². The molecule has 7 nitrogen and oxygen atoms in total. The van der Waals surface area contributed by atoms with E-state index in [0.717, 1.165) is 58.4 Å². The van der Waals surface area contributed by atoms with E-state index in [1.54, 1.807) is 24.3 Å². The molecule has 2 aliphatic heterocycles. The van der Waals surface area contributed by atoms with Gasteiger partial charge in [-0.1, -0.05) is 60.7 Å². The van der Waals surface area contributed by atoms with Gasteiger partial charge in [-0.2, -0.15) is 0 Å². The maximum atomic E-state index is 12.4. The van der Waals surface area contributed by atoms with Gasteiger partial charge >= 0.3 is 0 Å². The number of benzene rings is 6. The van der Waals surface area contributed by atoms with Crippen LogP contribution in [0.1, 0.15) is 16.7 Å². The number of aliphatic hydroxyl groups is 1. The summed E-state index contributed by atoms with van der Waals surface area (Å²) in [6.07, 6.45) is 1.81. The van der Waals surface area contributed by atoms with Crippen molar-refractivity contribution in [1.82, 2.24) is 4.58 Å². The number of phenolic OH excluding ortho intramolecular Hbond substituents is 2. The number of nitriles is 1. The van der Waals surface area contributed by atoms with Gasteiger partial charge in [0.05, 0.1) is 29.1 Å². The molecule has 9 rings (SSSR count). The van der Waals surface area contributed by atoms with Gasteiger partial charge < -0.3 is 20.2 Å². The Morgan fingerprint density at radius 3 is 1.77 bits per heavy atom. The Balaban J connectivity index is 1.57. The molecule has 0 saturated heterocycles. The number of aromatic hydroxyl groups is 2. The number of fused-ring (bicyclic) bond motifs is 2. The summed E-state index contributed by atoms with van der Waals surface area (Å²) in [6, 6.07) is 25.2. The predicted octanol–water partition coefficient (Wildman–Crippen LogP) is 6.21. The molecule has 230 valence electrons. The summed E-state index contributed by atoms with van der Waals surface area (Å²) >= 11 is 0. The fourth-order valence-electron chi connectivity index (χ4n) is 8.58. The average Bonchev–Trinajstić information content (AvgIpc) is 3.09. The van der Waals surface area contributed by atoms with Crippen LogP contribution in [-0.4, -0.2) is 42.5 Å². The Morgan fingerprint density at radius 2 is 1.27 bits per heavy atom. The molecule has 0 amide bonds. The largest absolute Gasteiger partial charge is 0.507 e. The minimum atomic E-state index is -0.167. The zero-order valence-electron chi connectivity index (χ0n) is 26.4. The molecule has 0 saturated carbocycles. The van der Waals surface area contributed by atoms with E-state index in [0.29, 0.717) is 38.3 Å². The molecule has 0 aromatic heterocycles. The number of anilines is 1. The smallest absolute Gasteiger partial charge is 0.270 e. The Bertz CT molecular complexity index is 2660. The third-order valence-electron chi connectivity index (χ3n) is 10.4. The summed E-state index contributed by atoms with van der Waals surface area (Å²) in [5.41, 5.74) is 4.50. The highest BCUT2D eigenvalue weighted by Crippen LogP contribution is 2.55. The molecule has 0 atom stereocenters. The topological polar surface area (TPSA) is 95.1 Å². The van der Waals surface area contributed by atoms with Crippen LogP contribution in [0.15, 0.2) is 89.8 Å². The minimum Gasteiger partial charge on any atom is -0.507 e. The number of hydrogen-bond donors (Lipinski definition) is 3. The van der Waals surface area contributed by atoms with Crippen molar-refractivity contribution in [1.29, 1.82) is 5.26 Å². The van der Waals surface area contributed by atoms with Gasteiger partial charge in [0, 0.05) is 76.0 Å². The Hall–Kier alpha value is -6.31. The second kappa shape index (κ2) is 9.84. The van der Waals surface area contributed by atoms with Gasteiger partial charge in [-0.15, -0.1) is 0 Å². The van der Waals surface area contributed by atoms with E-state index in [-0.39, 0.29) is 28.5 Å². The van der Waals surface area contributed by atoms with Crippen molar-refractivity contribution in [2.24, 2.45) is 0 Å². The van der Waals surface area contributed by atoms with Crippen molar-refractivity contribution < 1.29 is 15.3 Å². The van der Waals surface area contributed by atoms with Crippen LogP contribution < -0.4 is 20.1 Å². The third kappa shape index (κ3) is 3.43. The molecule has 2 heterocycles. The molecule has 0 unspecified atom stereocenters. The minimum absolute atomic E-state index is 0.0379. The van der Waals surface area contributed by atoms with E-state index in [1.165, 1.54) is 16.5 Å². The first-order valence-corrected chi connectivity index (χ1v) is 16.0. The molecule has 6 aromatic carbocycles. The number of nitrogens with zero attached hydrogens (tertiary/aromatic N) is 4. The number of hydrogen-bond acceptors (Lipinski definition) is 5. The van der Waals surface area contributed by atoms with Crippen LogP contribution in [0, 0.1) is 17.9 Å². The quantitative estimate of drug-likeness (QED) is 0.0921. The van der Waals surface area contributed by atoms with E-state index >= 15 is 0 Å². The van der Waals surface area contributed by atoms with Crippen LogP contribution in [-0.2, 0) is 12.8 Å². The summed E-state index contributed by atoms with van der Waals surface area (Å²) in [5.74, 6) is -0.154. The van der Waals surface area contributed by atoms with Crippen molar-refractivity contribution in [3.8, 4) is 17.6 Å². The fraction of sp³-hybridized carbons (Fsp3) is 0.146. The molecular weight excluding hydrogens is 596 g/mol. The summed E-state index contributed by atoms with van der Waals surface area (Å²) < 4.78 is 2.47. The zero-order chi connectivity index (χ0) is 33.0. The number of rotatable bonds is 2. The molecule has 0 bridgehead atoms. The molecule has 0 fully saturated rings. The van der Waals surface area contributed by atoms with E-state index in [2.05, 4.69) is 39.8 Å². The SMILES string of the molecule is [C-]#[N+]/C(C#N)=C1/C(c2c3c(O)cccc3c(N(C)C)c3cccc(O)c23)=C(O)C1=c1c2cccc3c2c2c4c(cccc14)CC[N+]=2CC3. The highest BCUT2D eigenvalue weighted by molar-refractivity contribution is 6.28. The molecular formula is C41H29N4O3+. The molecule has 3 aliphatic rings. The van der Waals surface area contributed by atoms with Gasteiger partial charge in [0.25, 0.3) is 5.70 Å². The van der Waals surface area contributed by atoms with Gasteiger partial charge in [-0.05, 0) is 34.0 Å². The van der Waals surface area contributed by atoms with Crippen molar-refractivity contribution in [2.75, 3.05) is 32.1 Å². The molecule has 48 heavy (non-hydrogen) atoms. The lowest BCUT2D eigenvalue weighted by molar-refractivity contribution is 0.434. The lowest BCUT2D eigenvalue weighted by atomic mass is 9.73. The highest BCUT2D eigenvalue weighted by Gasteiger charge is 2.39. The lowest BCUT2D eigenvalue weighted by Crippen LogP contribution is -2.42. The second-order valence-electron chi connectivity index (χ2n) is 13.0. The van der Waals surface area contributed by atoms with Crippen LogP contribution in [0.25, 0.3) is 59.1 Å². The molecule has 7 heteroatoms. The van der Waals surface area contributed by atoms with Gasteiger partial charge in [0.2, 0.25) is 5.36 Å². The Kier molecular flexibility index (Phi) is 5.73. The Morgan fingerprint density at radius 1 is 0.750 bits per heavy atom. The maximum absolute atomic E-state index is 12.4. The first-order valence-electron chi connectivity index (χ1n) is 16.0. The zero-order valence-corrected chi connectivity index (χ0v) is 26.4. The van der Waals surface area contributed by atoms with E-state index < -0.39 is 0 Å². The Labute approximate surface area is 275 Å². The van der Waals surface area contributed by atoms with Gasteiger partial charge in [0.15, 0.2) is 0 Å². The number of phenols is 2. The average molecular weight is 626 g/mol. The first-order chi connectivity index (χ1) is 23.3. The maximum Gasteiger partial charge on any atom is 0.270 e. The molecule has 0 spiro atoms. The van der Waals surface area contributed by atoms with Crippen molar-refractivity contribution in [2.45, 2.75) is 12.8 Å². The third-order valence-corrected chi connectivity index (χ3v) is 10.4. The van der Waals surface area contributed by atoms with Crippen LogP contribution >= 0.6 is 0 Å². The monoisotopic (exact) mass is 625 g/mol. The normalized spacial score (nSPS) is 16.1. The van der Waals surface area contributed by atoms with Crippen LogP contribution in [0.2, 0.25) is 0 Å². The summed E-state index contributed by atoms with van der Waals surface area (Å²) in [4.78, 5) is 5.62. The van der Waals surface area contributed by atoms with E-state index in [9.17, 15) is 20.6 Å². The van der Waals surface area contributed by atoms with Crippen molar-refractivity contribution >= 4 is 59.9 Å². The molecule has 1 aliphatic carbocycles. The predicted molar refractivity (Wildman–Crippen MR) is 190 cm³/mol. The van der Waals surface area contributed by atoms with Crippen LogP contribution in [0.4, 0.5) is 5.69 Å². The molecule has 3 N–H and O–H groups in total. The van der Waals surface area contributed by atoms with Crippen molar-refractivity contribution in [3.05, 3.63) is 129 Å². The van der Waals surface area contributed by atoms with Gasteiger partial charge in [-0.3, -0.25) is 0 Å². The fourth-order valence-corrected chi connectivity index (χ4v) is 8.58. The number of allylic oxidation sites excluding steroid dienone is 3. The van der Waals surface area contributed by atoms with E-state index in [4.69, 9.17) is 6.57 Å².